The molecule has 0 spiro atoms. The van der Waals surface area contributed by atoms with E-state index >= 15 is 0 Å². The predicted molar refractivity (Wildman–Crippen MR) is 93.4 cm³/mol. The molecule has 1 aliphatic heterocycles. The van der Waals surface area contributed by atoms with E-state index in [1.807, 2.05) is 35.2 Å². The normalized spacial score (nSPS) is 19.0. The first kappa shape index (κ1) is 16.7. The van der Waals surface area contributed by atoms with Gasteiger partial charge in [-0.2, -0.15) is 0 Å². The van der Waals surface area contributed by atoms with Crippen LogP contribution in [0, 0.1) is 0 Å². The zero-order valence-electron chi connectivity index (χ0n) is 14.5. The van der Waals surface area contributed by atoms with Crippen LogP contribution in [0.15, 0.2) is 34.7 Å². The molecule has 0 aliphatic carbocycles. The summed E-state index contributed by atoms with van der Waals surface area (Å²) < 4.78 is 6.13. The molecule has 5 nitrogen and oxygen atoms in total. The first-order valence-corrected chi connectivity index (χ1v) is 8.61. The quantitative estimate of drug-likeness (QED) is 0.933. The number of rotatable bonds is 4. The van der Waals surface area contributed by atoms with E-state index in [9.17, 15) is 4.79 Å². The van der Waals surface area contributed by atoms with Crippen molar-refractivity contribution < 1.29 is 9.21 Å². The van der Waals surface area contributed by atoms with Gasteiger partial charge in [-0.1, -0.05) is 44.2 Å². The monoisotopic (exact) mass is 327 g/mol. The average molecular weight is 327 g/mol. The van der Waals surface area contributed by atoms with Crippen LogP contribution in [0.1, 0.15) is 57.2 Å². The fourth-order valence-electron chi connectivity index (χ4n) is 3.23. The number of carbonyl (C=O) groups is 1. The van der Waals surface area contributed by atoms with Gasteiger partial charge in [-0.15, -0.1) is 0 Å². The third kappa shape index (κ3) is 3.08. The Labute approximate surface area is 142 Å². The lowest BCUT2D eigenvalue weighted by molar-refractivity contribution is -0.133. The summed E-state index contributed by atoms with van der Waals surface area (Å²) in [5.41, 5.74) is 7.70. The molecule has 24 heavy (non-hydrogen) atoms. The first-order valence-electron chi connectivity index (χ1n) is 8.61. The molecule has 0 saturated carbocycles. The summed E-state index contributed by atoms with van der Waals surface area (Å²) >= 11 is 0. The molecule has 2 atom stereocenters. The number of benzene rings is 1. The lowest BCUT2D eigenvalue weighted by Crippen LogP contribution is -2.41. The Bertz CT molecular complexity index is 707. The molecule has 0 radical (unpaired) electrons. The second-order valence-electron chi connectivity index (χ2n) is 6.76. The zero-order chi connectivity index (χ0) is 17.3. The van der Waals surface area contributed by atoms with Gasteiger partial charge in [0.2, 0.25) is 11.8 Å². The van der Waals surface area contributed by atoms with Gasteiger partial charge in [0.25, 0.3) is 0 Å². The summed E-state index contributed by atoms with van der Waals surface area (Å²) in [7, 11) is 0. The number of likely N-dealkylation sites (tertiary alicyclic amines) is 1. The number of aromatic nitrogens is 1. The maximum atomic E-state index is 12.4. The predicted octanol–water partition coefficient (Wildman–Crippen LogP) is 3.48. The standard InChI is InChI=1S/C19H25N3O2/c1-12(2)17-16(14-8-5-4-6-9-14)21-18(24-17)15-10-7-11-22(15)19(23)13(3)20/h4-6,8-9,12-13,15H,7,10-11,20H2,1-3H3/t13-,15?/m1/s1. The molecule has 1 aromatic heterocycles. The van der Waals surface area contributed by atoms with E-state index in [-0.39, 0.29) is 17.9 Å². The molecule has 1 saturated heterocycles. The van der Waals surface area contributed by atoms with E-state index in [2.05, 4.69) is 13.8 Å². The number of amides is 1. The fourth-order valence-corrected chi connectivity index (χ4v) is 3.23. The van der Waals surface area contributed by atoms with E-state index in [0.29, 0.717) is 12.4 Å². The Kier molecular flexibility index (Phi) is 4.71. The highest BCUT2D eigenvalue weighted by atomic mass is 16.4. The molecular weight excluding hydrogens is 302 g/mol. The van der Waals surface area contributed by atoms with Crippen molar-refractivity contribution in [1.82, 2.24) is 9.88 Å². The molecule has 1 aliphatic rings. The minimum Gasteiger partial charge on any atom is -0.442 e. The van der Waals surface area contributed by atoms with Gasteiger partial charge in [-0.3, -0.25) is 4.79 Å². The van der Waals surface area contributed by atoms with Crippen molar-refractivity contribution in [3.63, 3.8) is 0 Å². The van der Waals surface area contributed by atoms with E-state index in [0.717, 1.165) is 29.9 Å². The van der Waals surface area contributed by atoms with Gasteiger partial charge in [0.05, 0.1) is 6.04 Å². The van der Waals surface area contributed by atoms with Crippen molar-refractivity contribution in [2.75, 3.05) is 6.54 Å². The summed E-state index contributed by atoms with van der Waals surface area (Å²) in [5, 5.41) is 0. The summed E-state index contributed by atoms with van der Waals surface area (Å²) in [4.78, 5) is 18.9. The van der Waals surface area contributed by atoms with E-state index in [4.69, 9.17) is 15.1 Å². The van der Waals surface area contributed by atoms with Crippen molar-refractivity contribution in [3.05, 3.63) is 42.0 Å². The maximum Gasteiger partial charge on any atom is 0.239 e. The van der Waals surface area contributed by atoms with Crippen LogP contribution in [0.3, 0.4) is 0 Å². The second kappa shape index (κ2) is 6.77. The lowest BCUT2D eigenvalue weighted by atomic mass is 10.0. The lowest BCUT2D eigenvalue weighted by Gasteiger charge is -2.24. The van der Waals surface area contributed by atoms with Gasteiger partial charge in [-0.25, -0.2) is 4.98 Å². The SMILES string of the molecule is CC(C)c1oc(C2CCCN2C(=O)[C@@H](C)N)nc1-c1ccccc1. The van der Waals surface area contributed by atoms with Crippen LogP contribution in [-0.4, -0.2) is 28.4 Å². The largest absolute Gasteiger partial charge is 0.442 e. The minimum absolute atomic E-state index is 0.0388. The Morgan fingerprint density at radius 1 is 1.29 bits per heavy atom. The highest BCUT2D eigenvalue weighted by molar-refractivity contribution is 5.81. The summed E-state index contributed by atoms with van der Waals surface area (Å²) in [5.74, 6) is 1.68. The van der Waals surface area contributed by atoms with Crippen molar-refractivity contribution >= 4 is 5.91 Å². The smallest absolute Gasteiger partial charge is 0.239 e. The number of hydrogen-bond acceptors (Lipinski definition) is 4. The number of oxazole rings is 1. The van der Waals surface area contributed by atoms with Crippen LogP contribution < -0.4 is 5.73 Å². The van der Waals surface area contributed by atoms with Crippen LogP contribution in [0.2, 0.25) is 0 Å². The summed E-state index contributed by atoms with van der Waals surface area (Å²) in [6.07, 6.45) is 1.81. The number of hydrogen-bond donors (Lipinski definition) is 1. The van der Waals surface area contributed by atoms with Gasteiger partial charge < -0.3 is 15.1 Å². The van der Waals surface area contributed by atoms with Crippen LogP contribution in [0.25, 0.3) is 11.3 Å². The van der Waals surface area contributed by atoms with Gasteiger partial charge in [-0.05, 0) is 19.8 Å². The highest BCUT2D eigenvalue weighted by Gasteiger charge is 2.35. The Morgan fingerprint density at radius 3 is 2.62 bits per heavy atom. The highest BCUT2D eigenvalue weighted by Crippen LogP contribution is 2.37. The van der Waals surface area contributed by atoms with Crippen LogP contribution in [-0.2, 0) is 4.79 Å². The number of carbonyl (C=O) groups excluding carboxylic acids is 1. The molecule has 5 heteroatoms. The Balaban J connectivity index is 1.99. The van der Waals surface area contributed by atoms with Gasteiger partial charge in [0.15, 0.2) is 0 Å². The second-order valence-corrected chi connectivity index (χ2v) is 6.76. The molecule has 2 aromatic rings. The van der Waals surface area contributed by atoms with Gasteiger partial charge in [0.1, 0.15) is 17.5 Å². The van der Waals surface area contributed by atoms with Gasteiger partial charge >= 0.3 is 0 Å². The van der Waals surface area contributed by atoms with E-state index in [1.165, 1.54) is 0 Å². The molecular formula is C19H25N3O2. The third-order valence-electron chi connectivity index (χ3n) is 4.45. The molecule has 1 unspecified atom stereocenters. The Morgan fingerprint density at radius 2 is 2.00 bits per heavy atom. The fraction of sp³-hybridized carbons (Fsp3) is 0.474. The van der Waals surface area contributed by atoms with Crippen LogP contribution >= 0.6 is 0 Å². The van der Waals surface area contributed by atoms with Crippen molar-refractivity contribution in [2.45, 2.75) is 51.6 Å². The zero-order valence-corrected chi connectivity index (χ0v) is 14.5. The molecule has 3 rings (SSSR count). The topological polar surface area (TPSA) is 72.4 Å². The van der Waals surface area contributed by atoms with Gasteiger partial charge in [0, 0.05) is 18.0 Å². The first-order chi connectivity index (χ1) is 11.5. The Hall–Kier alpha value is -2.14. The van der Waals surface area contributed by atoms with E-state index in [1.54, 1.807) is 6.92 Å². The summed E-state index contributed by atoms with van der Waals surface area (Å²) in [6.45, 7) is 6.62. The van der Waals surface area contributed by atoms with Crippen LogP contribution in [0.5, 0.6) is 0 Å². The minimum atomic E-state index is -0.501. The van der Waals surface area contributed by atoms with Crippen molar-refractivity contribution in [2.24, 2.45) is 5.73 Å². The molecule has 1 amide bonds. The molecule has 1 aromatic carbocycles. The molecule has 1 fully saturated rings. The molecule has 128 valence electrons. The van der Waals surface area contributed by atoms with E-state index < -0.39 is 6.04 Å². The molecule has 0 bridgehead atoms. The maximum absolute atomic E-state index is 12.4. The summed E-state index contributed by atoms with van der Waals surface area (Å²) in [6, 6.07) is 9.43. The average Bonchev–Trinajstić information content (AvgIpc) is 3.21. The third-order valence-corrected chi connectivity index (χ3v) is 4.45. The van der Waals surface area contributed by atoms with Crippen molar-refractivity contribution in [3.8, 4) is 11.3 Å². The van der Waals surface area contributed by atoms with Crippen molar-refractivity contribution in [1.29, 1.82) is 0 Å². The molecule has 2 heterocycles. The number of nitrogens with two attached hydrogens (primary N) is 1. The number of nitrogens with zero attached hydrogens (tertiary/aromatic N) is 2. The molecule has 2 N–H and O–H groups in total. The van der Waals surface area contributed by atoms with Crippen LogP contribution in [0.4, 0.5) is 0 Å².